The zero-order valence-electron chi connectivity index (χ0n) is 18.1. The van der Waals surface area contributed by atoms with Crippen LogP contribution in [0.3, 0.4) is 0 Å². The molecule has 0 heterocycles. The number of aliphatic hydroxyl groups excluding tert-OH is 2. The SMILES string of the molecule is CCCCCCCCCCCCCCCCCCOCCOCC(O)CO. The third-order valence-electron chi connectivity index (χ3n) is 5.04. The van der Waals surface area contributed by atoms with Crippen molar-refractivity contribution in [1.29, 1.82) is 0 Å². The van der Waals surface area contributed by atoms with Crippen LogP contribution in [-0.4, -0.2) is 49.4 Å². The minimum atomic E-state index is -0.773. The van der Waals surface area contributed by atoms with E-state index >= 15 is 0 Å². The molecule has 0 aliphatic rings. The topological polar surface area (TPSA) is 58.9 Å². The molecule has 0 rings (SSSR count). The predicted octanol–water partition coefficient (Wildman–Crippen LogP) is 5.63. The standard InChI is InChI=1S/C23H48O4/c1-2-3-4-5-6-7-8-9-10-11-12-13-14-15-16-17-18-26-19-20-27-22-23(25)21-24/h23-25H,2-22H2,1H3. The van der Waals surface area contributed by atoms with Crippen molar-refractivity contribution < 1.29 is 19.7 Å². The van der Waals surface area contributed by atoms with Crippen LogP contribution in [0.25, 0.3) is 0 Å². The molecule has 0 amide bonds. The van der Waals surface area contributed by atoms with Gasteiger partial charge in [0.1, 0.15) is 6.10 Å². The summed E-state index contributed by atoms with van der Waals surface area (Å²) in [5, 5.41) is 17.7. The Balaban J connectivity index is 2.99. The van der Waals surface area contributed by atoms with Gasteiger partial charge in [0.2, 0.25) is 0 Å². The lowest BCUT2D eigenvalue weighted by Gasteiger charge is -2.08. The molecule has 0 bridgehead atoms. The summed E-state index contributed by atoms with van der Waals surface area (Å²) in [6, 6.07) is 0. The quantitative estimate of drug-likeness (QED) is 0.223. The summed E-state index contributed by atoms with van der Waals surface area (Å²) in [4.78, 5) is 0. The maximum Gasteiger partial charge on any atom is 0.100 e. The highest BCUT2D eigenvalue weighted by atomic mass is 16.5. The third kappa shape index (κ3) is 23.8. The van der Waals surface area contributed by atoms with Gasteiger partial charge in [-0.25, -0.2) is 0 Å². The molecular weight excluding hydrogens is 340 g/mol. The Hall–Kier alpha value is -0.160. The minimum absolute atomic E-state index is 0.179. The first-order valence-electron chi connectivity index (χ1n) is 11.8. The van der Waals surface area contributed by atoms with Gasteiger partial charge in [-0.15, -0.1) is 0 Å². The number of ether oxygens (including phenoxy) is 2. The number of rotatable bonds is 23. The molecule has 1 atom stereocenters. The largest absolute Gasteiger partial charge is 0.394 e. The smallest absolute Gasteiger partial charge is 0.100 e. The Morgan fingerprint density at radius 1 is 0.556 bits per heavy atom. The van der Waals surface area contributed by atoms with Crippen LogP contribution in [-0.2, 0) is 9.47 Å². The van der Waals surface area contributed by atoms with E-state index in [9.17, 15) is 0 Å². The summed E-state index contributed by atoms with van der Waals surface area (Å²) in [5.41, 5.74) is 0. The Kier molecular flexibility index (Phi) is 23.7. The van der Waals surface area contributed by atoms with Crippen LogP contribution in [0.1, 0.15) is 110 Å². The lowest BCUT2D eigenvalue weighted by Crippen LogP contribution is -2.20. The second kappa shape index (κ2) is 23.9. The molecule has 4 heteroatoms. The fourth-order valence-electron chi connectivity index (χ4n) is 3.24. The molecule has 1 unspecified atom stereocenters. The van der Waals surface area contributed by atoms with Crippen LogP contribution in [0, 0.1) is 0 Å². The molecule has 0 spiro atoms. The second-order valence-electron chi connectivity index (χ2n) is 7.83. The maximum atomic E-state index is 9.10. The minimum Gasteiger partial charge on any atom is -0.394 e. The average molecular weight is 389 g/mol. The number of aliphatic hydroxyl groups is 2. The molecule has 0 saturated carbocycles. The molecule has 27 heavy (non-hydrogen) atoms. The van der Waals surface area contributed by atoms with Crippen LogP contribution in [0.4, 0.5) is 0 Å². The van der Waals surface area contributed by atoms with Crippen molar-refractivity contribution in [2.75, 3.05) is 33.0 Å². The summed E-state index contributed by atoms with van der Waals surface area (Å²) in [6.45, 7) is 4.06. The van der Waals surface area contributed by atoms with E-state index < -0.39 is 6.10 Å². The Morgan fingerprint density at radius 3 is 1.41 bits per heavy atom. The van der Waals surface area contributed by atoms with E-state index in [4.69, 9.17) is 19.7 Å². The summed E-state index contributed by atoms with van der Waals surface area (Å²) in [5.74, 6) is 0. The molecule has 0 aliphatic heterocycles. The van der Waals surface area contributed by atoms with Gasteiger partial charge in [-0.1, -0.05) is 103 Å². The lowest BCUT2D eigenvalue weighted by molar-refractivity contribution is -0.0150. The third-order valence-corrected chi connectivity index (χ3v) is 5.04. The second-order valence-corrected chi connectivity index (χ2v) is 7.83. The van der Waals surface area contributed by atoms with E-state index in [1.807, 2.05) is 0 Å². The molecule has 0 radical (unpaired) electrons. The van der Waals surface area contributed by atoms with E-state index in [0.29, 0.717) is 13.2 Å². The predicted molar refractivity (Wildman–Crippen MR) is 114 cm³/mol. The van der Waals surface area contributed by atoms with Gasteiger partial charge in [0.25, 0.3) is 0 Å². The monoisotopic (exact) mass is 388 g/mol. The summed E-state index contributed by atoms with van der Waals surface area (Å²) < 4.78 is 10.7. The van der Waals surface area contributed by atoms with Crippen molar-refractivity contribution in [2.24, 2.45) is 0 Å². The van der Waals surface area contributed by atoms with Crippen LogP contribution < -0.4 is 0 Å². The Morgan fingerprint density at radius 2 is 0.963 bits per heavy atom. The molecule has 0 aromatic rings. The summed E-state index contributed by atoms with van der Waals surface area (Å²) in [7, 11) is 0. The molecular formula is C23H48O4. The van der Waals surface area contributed by atoms with Crippen molar-refractivity contribution in [3.05, 3.63) is 0 Å². The van der Waals surface area contributed by atoms with Gasteiger partial charge < -0.3 is 19.7 Å². The van der Waals surface area contributed by atoms with Crippen molar-refractivity contribution in [3.63, 3.8) is 0 Å². The normalized spacial score (nSPS) is 12.6. The van der Waals surface area contributed by atoms with Gasteiger partial charge >= 0.3 is 0 Å². The first-order valence-corrected chi connectivity index (χ1v) is 11.8. The van der Waals surface area contributed by atoms with Crippen molar-refractivity contribution in [3.8, 4) is 0 Å². The van der Waals surface area contributed by atoms with Gasteiger partial charge in [-0.05, 0) is 6.42 Å². The maximum absolute atomic E-state index is 9.10. The molecule has 0 saturated heterocycles. The van der Waals surface area contributed by atoms with E-state index in [2.05, 4.69) is 6.92 Å². The Bertz CT molecular complexity index is 261. The van der Waals surface area contributed by atoms with E-state index in [1.165, 1.54) is 96.3 Å². The Labute approximate surface area is 169 Å². The van der Waals surface area contributed by atoms with Gasteiger partial charge in [-0.2, -0.15) is 0 Å². The lowest BCUT2D eigenvalue weighted by atomic mass is 10.0. The van der Waals surface area contributed by atoms with Crippen molar-refractivity contribution >= 4 is 0 Å². The van der Waals surface area contributed by atoms with E-state index in [0.717, 1.165) is 13.0 Å². The molecule has 164 valence electrons. The first kappa shape index (κ1) is 26.8. The van der Waals surface area contributed by atoms with E-state index in [-0.39, 0.29) is 13.2 Å². The first-order chi connectivity index (χ1) is 13.3. The highest BCUT2D eigenvalue weighted by Crippen LogP contribution is 2.13. The number of hydrogen-bond acceptors (Lipinski definition) is 4. The average Bonchev–Trinajstić information content (AvgIpc) is 2.68. The van der Waals surface area contributed by atoms with Gasteiger partial charge in [-0.3, -0.25) is 0 Å². The number of hydrogen-bond donors (Lipinski definition) is 2. The fraction of sp³-hybridized carbons (Fsp3) is 1.00. The molecule has 0 aromatic heterocycles. The molecule has 4 nitrogen and oxygen atoms in total. The van der Waals surface area contributed by atoms with Crippen LogP contribution >= 0.6 is 0 Å². The van der Waals surface area contributed by atoms with Gasteiger partial charge in [0.05, 0.1) is 26.4 Å². The molecule has 2 N–H and O–H groups in total. The zero-order chi connectivity index (χ0) is 19.8. The van der Waals surface area contributed by atoms with Crippen LogP contribution in [0.2, 0.25) is 0 Å². The molecule has 0 aliphatic carbocycles. The van der Waals surface area contributed by atoms with Crippen LogP contribution in [0.5, 0.6) is 0 Å². The van der Waals surface area contributed by atoms with Crippen LogP contribution in [0.15, 0.2) is 0 Å². The molecule has 0 aromatic carbocycles. The van der Waals surface area contributed by atoms with Gasteiger partial charge in [0.15, 0.2) is 0 Å². The summed E-state index contributed by atoms with van der Waals surface area (Å²) in [6.07, 6.45) is 21.4. The van der Waals surface area contributed by atoms with Gasteiger partial charge in [0, 0.05) is 6.61 Å². The fourth-order valence-corrected chi connectivity index (χ4v) is 3.24. The summed E-state index contributed by atoms with van der Waals surface area (Å²) >= 11 is 0. The zero-order valence-corrected chi connectivity index (χ0v) is 18.1. The van der Waals surface area contributed by atoms with Crippen molar-refractivity contribution in [2.45, 2.75) is 116 Å². The number of unbranched alkanes of at least 4 members (excludes halogenated alkanes) is 15. The molecule has 0 fully saturated rings. The highest BCUT2D eigenvalue weighted by molar-refractivity contribution is 4.50. The van der Waals surface area contributed by atoms with E-state index in [1.54, 1.807) is 0 Å². The van der Waals surface area contributed by atoms with Crippen molar-refractivity contribution in [1.82, 2.24) is 0 Å². The highest BCUT2D eigenvalue weighted by Gasteiger charge is 2.00.